The third-order valence-corrected chi connectivity index (χ3v) is 6.23. The van der Waals surface area contributed by atoms with Gasteiger partial charge in [0.05, 0.1) is 24.9 Å². The molecule has 0 bridgehead atoms. The van der Waals surface area contributed by atoms with Gasteiger partial charge in [0.25, 0.3) is 0 Å². The highest BCUT2D eigenvalue weighted by atomic mass is 35.5. The molecule has 2 aromatic rings. The summed E-state index contributed by atoms with van der Waals surface area (Å²) in [4.78, 5) is 31.7. The number of nitrogens with zero attached hydrogens (tertiary/aromatic N) is 2. The van der Waals surface area contributed by atoms with Gasteiger partial charge in [0.15, 0.2) is 12.4 Å². The zero-order valence-electron chi connectivity index (χ0n) is 21.2. The summed E-state index contributed by atoms with van der Waals surface area (Å²) >= 11 is 5.84. The molecule has 1 aromatic heterocycles. The van der Waals surface area contributed by atoms with Crippen LogP contribution in [0.4, 0.5) is 15.9 Å². The average molecular weight is 520 g/mol. The number of carbonyl (C=O) groups excluding carboxylic acids is 2. The van der Waals surface area contributed by atoms with Crippen LogP contribution in [0.15, 0.2) is 30.5 Å². The van der Waals surface area contributed by atoms with Gasteiger partial charge in [0.1, 0.15) is 11.6 Å². The first-order chi connectivity index (χ1) is 17.3. The maximum atomic E-state index is 14.3. The van der Waals surface area contributed by atoms with Crippen LogP contribution in [0.3, 0.4) is 0 Å². The number of amides is 1. The smallest absolute Gasteiger partial charge is 0.344 e. The largest absolute Gasteiger partial charge is 0.480 e. The monoisotopic (exact) mass is 519 g/mol. The van der Waals surface area contributed by atoms with Crippen LogP contribution in [0.2, 0.25) is 5.02 Å². The standard InChI is InChI=1S/C27H35ClFN3O4/c1-4-35-26(34)17-36-22-14-24(31-25(33)12-19-10-11-20(28)13-23(19)29)27(30-15-22)32(16-18(2)3)21-8-6-5-7-9-21/h10-11,13-15,18,21H,4-9,12,16-17H2,1-3H3,(H,31,33). The molecule has 9 heteroatoms. The molecular weight excluding hydrogens is 485 g/mol. The Labute approximate surface area is 217 Å². The Hall–Kier alpha value is -2.87. The normalized spacial score (nSPS) is 13.9. The van der Waals surface area contributed by atoms with Crippen LogP contribution >= 0.6 is 11.6 Å². The van der Waals surface area contributed by atoms with Crippen molar-refractivity contribution in [1.82, 2.24) is 4.98 Å². The summed E-state index contributed by atoms with van der Waals surface area (Å²) in [5, 5.41) is 3.18. The van der Waals surface area contributed by atoms with E-state index in [0.29, 0.717) is 29.2 Å². The molecule has 7 nitrogen and oxygen atoms in total. The fourth-order valence-electron chi connectivity index (χ4n) is 4.41. The predicted molar refractivity (Wildman–Crippen MR) is 139 cm³/mol. The molecule has 1 fully saturated rings. The Kier molecular flexibility index (Phi) is 10.3. The summed E-state index contributed by atoms with van der Waals surface area (Å²) in [6.45, 7) is 6.78. The molecule has 0 saturated heterocycles. The molecular formula is C27H35ClFN3O4. The second kappa shape index (κ2) is 13.4. The SMILES string of the molecule is CCOC(=O)COc1cnc(N(CC(C)C)C2CCCCC2)c(NC(=O)Cc2ccc(Cl)cc2F)c1. The van der Waals surface area contributed by atoms with Gasteiger partial charge in [-0.05, 0) is 43.4 Å². The molecule has 0 aliphatic heterocycles. The third-order valence-electron chi connectivity index (χ3n) is 5.99. The molecule has 36 heavy (non-hydrogen) atoms. The lowest BCUT2D eigenvalue weighted by Gasteiger charge is -2.37. The van der Waals surface area contributed by atoms with Crippen LogP contribution in [0.5, 0.6) is 5.75 Å². The number of hydrogen-bond donors (Lipinski definition) is 1. The van der Waals surface area contributed by atoms with E-state index in [-0.39, 0.29) is 30.2 Å². The highest BCUT2D eigenvalue weighted by molar-refractivity contribution is 6.30. The first-order valence-corrected chi connectivity index (χ1v) is 12.9. The average Bonchev–Trinajstić information content (AvgIpc) is 2.84. The number of pyridine rings is 1. The van der Waals surface area contributed by atoms with Gasteiger partial charge in [-0.15, -0.1) is 0 Å². The summed E-state index contributed by atoms with van der Waals surface area (Å²) < 4.78 is 24.8. The zero-order valence-corrected chi connectivity index (χ0v) is 21.9. The number of ether oxygens (including phenoxy) is 2. The molecule has 0 radical (unpaired) electrons. The maximum Gasteiger partial charge on any atom is 0.344 e. The zero-order chi connectivity index (χ0) is 26.1. The lowest BCUT2D eigenvalue weighted by Crippen LogP contribution is -2.40. The molecule has 1 amide bonds. The minimum absolute atomic E-state index is 0.163. The van der Waals surface area contributed by atoms with Gasteiger partial charge < -0.3 is 19.7 Å². The van der Waals surface area contributed by atoms with E-state index in [4.69, 9.17) is 21.1 Å². The van der Waals surface area contributed by atoms with Gasteiger partial charge in [-0.25, -0.2) is 14.2 Å². The van der Waals surface area contributed by atoms with Crippen molar-refractivity contribution in [1.29, 1.82) is 0 Å². The molecule has 0 spiro atoms. The van der Waals surface area contributed by atoms with Crippen molar-refractivity contribution in [3.8, 4) is 5.75 Å². The lowest BCUT2D eigenvalue weighted by atomic mass is 9.93. The van der Waals surface area contributed by atoms with E-state index >= 15 is 0 Å². The van der Waals surface area contributed by atoms with Gasteiger partial charge >= 0.3 is 5.97 Å². The van der Waals surface area contributed by atoms with Crippen LogP contribution in [0, 0.1) is 11.7 Å². The van der Waals surface area contributed by atoms with Gasteiger partial charge in [0.2, 0.25) is 5.91 Å². The van der Waals surface area contributed by atoms with E-state index in [1.165, 1.54) is 18.6 Å². The third kappa shape index (κ3) is 8.08. The van der Waals surface area contributed by atoms with Gasteiger partial charge in [-0.2, -0.15) is 0 Å². The first kappa shape index (κ1) is 27.7. The van der Waals surface area contributed by atoms with Gasteiger partial charge in [-0.3, -0.25) is 4.79 Å². The lowest BCUT2D eigenvalue weighted by molar-refractivity contribution is -0.145. The molecule has 0 unspecified atom stereocenters. The van der Waals surface area contributed by atoms with Crippen LogP contribution in [0.1, 0.15) is 58.4 Å². The number of halogens is 2. The van der Waals surface area contributed by atoms with Crippen LogP contribution in [-0.4, -0.2) is 42.7 Å². The van der Waals surface area contributed by atoms with E-state index in [9.17, 15) is 14.0 Å². The fraction of sp³-hybridized carbons (Fsp3) is 0.519. The second-order valence-electron chi connectivity index (χ2n) is 9.43. The summed E-state index contributed by atoms with van der Waals surface area (Å²) in [6, 6.07) is 6.21. The number of nitrogens with one attached hydrogen (secondary N) is 1. The van der Waals surface area contributed by atoms with Crippen molar-refractivity contribution in [2.24, 2.45) is 5.92 Å². The van der Waals surface area contributed by atoms with Crippen molar-refractivity contribution < 1.29 is 23.5 Å². The van der Waals surface area contributed by atoms with Crippen LogP contribution < -0.4 is 15.0 Å². The molecule has 1 aromatic carbocycles. The number of anilines is 2. The Bertz CT molecular complexity index is 1040. The second-order valence-corrected chi connectivity index (χ2v) is 9.87. The number of hydrogen-bond acceptors (Lipinski definition) is 6. The Balaban J connectivity index is 1.89. The molecule has 3 rings (SSSR count). The molecule has 0 atom stereocenters. The highest BCUT2D eigenvalue weighted by Gasteiger charge is 2.26. The van der Waals surface area contributed by atoms with E-state index in [0.717, 1.165) is 32.2 Å². The number of esters is 1. The number of rotatable bonds is 11. The van der Waals surface area contributed by atoms with Gasteiger partial charge in [0, 0.05) is 23.7 Å². The predicted octanol–water partition coefficient (Wildman–Crippen LogP) is 5.79. The minimum atomic E-state index is -0.536. The van der Waals surface area contributed by atoms with Crippen LogP contribution in [-0.2, 0) is 20.7 Å². The molecule has 1 aliphatic rings. The van der Waals surface area contributed by atoms with Gasteiger partial charge in [-0.1, -0.05) is 50.8 Å². The van der Waals surface area contributed by atoms with E-state index in [1.54, 1.807) is 25.3 Å². The quantitative estimate of drug-likeness (QED) is 0.378. The Morgan fingerprint density at radius 3 is 2.64 bits per heavy atom. The number of aromatic nitrogens is 1. The van der Waals surface area contributed by atoms with E-state index < -0.39 is 17.7 Å². The Morgan fingerprint density at radius 1 is 1.22 bits per heavy atom. The molecule has 1 heterocycles. The van der Waals surface area contributed by atoms with Crippen molar-refractivity contribution in [2.45, 2.75) is 65.3 Å². The number of benzene rings is 1. The summed E-state index contributed by atoms with van der Waals surface area (Å²) in [7, 11) is 0. The fourth-order valence-corrected chi connectivity index (χ4v) is 4.57. The number of carbonyl (C=O) groups is 2. The molecule has 1 N–H and O–H groups in total. The minimum Gasteiger partial charge on any atom is -0.480 e. The van der Waals surface area contributed by atoms with Crippen molar-refractivity contribution in [3.05, 3.63) is 46.9 Å². The van der Waals surface area contributed by atoms with Crippen molar-refractivity contribution in [3.63, 3.8) is 0 Å². The van der Waals surface area contributed by atoms with Crippen molar-refractivity contribution >= 4 is 35.0 Å². The molecule has 196 valence electrons. The first-order valence-electron chi connectivity index (χ1n) is 12.6. The highest BCUT2D eigenvalue weighted by Crippen LogP contribution is 2.34. The summed E-state index contributed by atoms with van der Waals surface area (Å²) in [5.41, 5.74) is 0.703. The topological polar surface area (TPSA) is 80.8 Å². The summed E-state index contributed by atoms with van der Waals surface area (Å²) in [6.07, 6.45) is 7.02. The summed E-state index contributed by atoms with van der Waals surface area (Å²) in [5.74, 6) is -0.0766. The molecule has 1 saturated carbocycles. The Morgan fingerprint density at radius 2 is 1.97 bits per heavy atom. The van der Waals surface area contributed by atoms with Crippen molar-refractivity contribution in [2.75, 3.05) is 30.0 Å². The maximum absolute atomic E-state index is 14.3. The van der Waals surface area contributed by atoms with E-state index in [1.807, 2.05) is 0 Å². The molecule has 1 aliphatic carbocycles. The van der Waals surface area contributed by atoms with E-state index in [2.05, 4.69) is 29.0 Å². The van der Waals surface area contributed by atoms with Crippen LogP contribution in [0.25, 0.3) is 0 Å².